The lowest BCUT2D eigenvalue weighted by Gasteiger charge is -2.14. The highest BCUT2D eigenvalue weighted by Gasteiger charge is 2.21. The zero-order valence-corrected chi connectivity index (χ0v) is 33.7. The molecule has 0 N–H and O–H groups in total. The molecule has 4 heteroatoms. The Hall–Kier alpha value is -8.34. The Kier molecular flexibility index (Phi) is 8.46. The fourth-order valence-corrected chi connectivity index (χ4v) is 9.15. The van der Waals surface area contributed by atoms with Crippen LogP contribution in [0, 0.1) is 0 Å². The first-order valence-electron chi connectivity index (χ1n) is 21.1. The summed E-state index contributed by atoms with van der Waals surface area (Å²) in [6.45, 7) is 0. The van der Waals surface area contributed by atoms with Gasteiger partial charge in [0.15, 0.2) is 5.82 Å². The lowest BCUT2D eigenvalue weighted by molar-refractivity contribution is 0.994. The van der Waals surface area contributed by atoms with Gasteiger partial charge >= 0.3 is 0 Å². The molecule has 0 atom stereocenters. The van der Waals surface area contributed by atoms with Crippen molar-refractivity contribution in [3.63, 3.8) is 0 Å². The molecular weight excluding hydrogens is 753 g/mol. The van der Waals surface area contributed by atoms with E-state index in [1.54, 1.807) is 0 Å². The summed E-state index contributed by atoms with van der Waals surface area (Å²) in [5, 5.41) is 4.66. The van der Waals surface area contributed by atoms with Gasteiger partial charge in [-0.2, -0.15) is 0 Å². The fourth-order valence-electron chi connectivity index (χ4n) is 9.15. The van der Waals surface area contributed by atoms with E-state index in [2.05, 4.69) is 234 Å². The minimum Gasteiger partial charge on any atom is -0.294 e. The Morgan fingerprint density at radius 3 is 0.758 bits per heavy atom. The molecule has 62 heavy (non-hydrogen) atoms. The van der Waals surface area contributed by atoms with Crippen LogP contribution in [-0.2, 0) is 0 Å². The Labute approximate surface area is 359 Å². The van der Waals surface area contributed by atoms with Gasteiger partial charge in [-0.3, -0.25) is 9.13 Å². The Bertz CT molecular complexity index is 3180. The van der Waals surface area contributed by atoms with Crippen molar-refractivity contribution in [2.75, 3.05) is 0 Å². The predicted molar refractivity (Wildman–Crippen MR) is 258 cm³/mol. The van der Waals surface area contributed by atoms with Crippen LogP contribution in [0.4, 0.5) is 0 Å². The van der Waals surface area contributed by atoms with Gasteiger partial charge in [0.25, 0.3) is 0 Å². The van der Waals surface area contributed by atoms with E-state index in [4.69, 9.17) is 9.97 Å². The number of hydrogen-bond acceptors (Lipinski definition) is 2. The van der Waals surface area contributed by atoms with Crippen LogP contribution in [-0.4, -0.2) is 19.1 Å². The number of fused-ring (bicyclic) bond motifs is 6. The maximum atomic E-state index is 5.42. The van der Waals surface area contributed by atoms with E-state index in [0.29, 0.717) is 5.82 Å². The zero-order chi connectivity index (χ0) is 41.0. The highest BCUT2D eigenvalue weighted by atomic mass is 15.1. The summed E-state index contributed by atoms with van der Waals surface area (Å²) in [5.74, 6) is 2.25. The summed E-state index contributed by atoms with van der Waals surface area (Å²) in [6, 6.07) is 82.2. The van der Waals surface area contributed by atoms with Gasteiger partial charge in [0.2, 0.25) is 0 Å². The van der Waals surface area contributed by atoms with E-state index in [-0.39, 0.29) is 0 Å². The zero-order valence-electron chi connectivity index (χ0n) is 33.7. The van der Waals surface area contributed by atoms with Crippen molar-refractivity contribution in [1.82, 2.24) is 19.1 Å². The Morgan fingerprint density at radius 1 is 0.226 bits per heavy atom. The molecule has 0 aliphatic carbocycles. The van der Waals surface area contributed by atoms with Crippen molar-refractivity contribution in [3.8, 4) is 67.5 Å². The lowest BCUT2D eigenvalue weighted by Crippen LogP contribution is -2.06. The normalized spacial score (nSPS) is 11.5. The quantitative estimate of drug-likeness (QED) is 0.161. The lowest BCUT2D eigenvalue weighted by atomic mass is 10.0. The second-order valence-corrected chi connectivity index (χ2v) is 15.8. The van der Waals surface area contributed by atoms with E-state index < -0.39 is 0 Å². The smallest absolute Gasteiger partial charge is 0.163 e. The van der Waals surface area contributed by atoms with Crippen molar-refractivity contribution < 1.29 is 0 Å². The van der Waals surface area contributed by atoms with Crippen LogP contribution in [0.1, 0.15) is 0 Å². The molecule has 12 aromatic rings. The van der Waals surface area contributed by atoms with Crippen LogP contribution in [0.5, 0.6) is 0 Å². The molecule has 0 unspecified atom stereocenters. The molecule has 12 rings (SSSR count). The molecule has 9 aromatic carbocycles. The highest BCUT2D eigenvalue weighted by molar-refractivity contribution is 6.13. The third kappa shape index (κ3) is 6.08. The molecule has 0 saturated carbocycles. The van der Waals surface area contributed by atoms with E-state index in [9.17, 15) is 0 Å². The van der Waals surface area contributed by atoms with Gasteiger partial charge in [0.05, 0.1) is 22.1 Å². The maximum absolute atomic E-state index is 5.42. The number of rotatable bonds is 7. The summed E-state index contributed by atoms with van der Waals surface area (Å²) in [6.07, 6.45) is 0. The SMILES string of the molecule is c1ccc(-c2ccc3c(c2)c2cc(-c4ccccc4)ccc2n3-c2cc(-n3c4ccc(-c5ccccc5)cc4c4cc(-c5ccccc5)ccc43)nc(-c3ccccc3)n2)cc1. The van der Waals surface area contributed by atoms with Crippen LogP contribution >= 0.6 is 0 Å². The molecule has 0 bridgehead atoms. The summed E-state index contributed by atoms with van der Waals surface area (Å²) >= 11 is 0. The molecule has 0 aliphatic rings. The molecule has 290 valence electrons. The average Bonchev–Trinajstić information content (AvgIpc) is 3.86. The largest absolute Gasteiger partial charge is 0.294 e. The molecule has 3 heterocycles. The van der Waals surface area contributed by atoms with Crippen LogP contribution in [0.2, 0.25) is 0 Å². The average molecular weight is 791 g/mol. The van der Waals surface area contributed by atoms with E-state index in [1.807, 2.05) is 6.07 Å². The predicted octanol–water partition coefficient (Wildman–Crippen LogP) is 15.0. The Balaban J connectivity index is 1.14. The highest BCUT2D eigenvalue weighted by Crippen LogP contribution is 2.40. The third-order valence-corrected chi connectivity index (χ3v) is 12.1. The third-order valence-electron chi connectivity index (χ3n) is 12.1. The molecule has 0 aliphatic heterocycles. The number of benzene rings is 9. The first-order valence-corrected chi connectivity index (χ1v) is 21.1. The molecule has 0 saturated heterocycles. The molecular formula is C58H38N4. The number of aromatic nitrogens is 4. The van der Waals surface area contributed by atoms with Gasteiger partial charge in [-0.05, 0) is 93.0 Å². The number of nitrogens with zero attached hydrogens (tertiary/aromatic N) is 4. The first-order chi connectivity index (χ1) is 30.7. The van der Waals surface area contributed by atoms with Gasteiger partial charge in [0.1, 0.15) is 11.6 Å². The van der Waals surface area contributed by atoms with Gasteiger partial charge in [-0.15, -0.1) is 0 Å². The summed E-state index contributed by atoms with van der Waals surface area (Å²) < 4.78 is 4.64. The van der Waals surface area contributed by atoms with Gasteiger partial charge < -0.3 is 0 Å². The molecule has 3 aromatic heterocycles. The Morgan fingerprint density at radius 2 is 0.484 bits per heavy atom. The monoisotopic (exact) mass is 790 g/mol. The molecule has 0 amide bonds. The van der Waals surface area contributed by atoms with Crippen LogP contribution < -0.4 is 0 Å². The van der Waals surface area contributed by atoms with Crippen LogP contribution in [0.25, 0.3) is 111 Å². The topological polar surface area (TPSA) is 35.6 Å². The van der Waals surface area contributed by atoms with Crippen molar-refractivity contribution in [3.05, 3.63) is 231 Å². The summed E-state index contributed by atoms with van der Waals surface area (Å²) in [4.78, 5) is 10.8. The molecule has 4 nitrogen and oxygen atoms in total. The van der Waals surface area contributed by atoms with E-state index in [0.717, 1.165) is 39.3 Å². The van der Waals surface area contributed by atoms with Crippen molar-refractivity contribution in [1.29, 1.82) is 0 Å². The first kappa shape index (κ1) is 35.6. The van der Waals surface area contributed by atoms with Crippen molar-refractivity contribution in [2.45, 2.75) is 0 Å². The second-order valence-electron chi connectivity index (χ2n) is 15.8. The van der Waals surface area contributed by atoms with E-state index in [1.165, 1.54) is 66.1 Å². The van der Waals surface area contributed by atoms with Gasteiger partial charge in [-0.25, -0.2) is 9.97 Å². The van der Waals surface area contributed by atoms with E-state index >= 15 is 0 Å². The van der Waals surface area contributed by atoms with Gasteiger partial charge in [-0.1, -0.05) is 176 Å². The van der Waals surface area contributed by atoms with Crippen molar-refractivity contribution in [2.24, 2.45) is 0 Å². The number of hydrogen-bond donors (Lipinski definition) is 0. The summed E-state index contributed by atoms with van der Waals surface area (Å²) in [7, 11) is 0. The summed E-state index contributed by atoms with van der Waals surface area (Å²) in [5.41, 5.74) is 14.7. The second kappa shape index (κ2) is 14.7. The van der Waals surface area contributed by atoms with Crippen LogP contribution in [0.15, 0.2) is 231 Å². The standard InChI is InChI=1S/C58H38N4/c1-6-16-39(17-7-1)44-26-30-52-48(34-44)49-35-45(40-18-8-2-9-19-40)27-31-53(49)61(52)56-38-57(60-58(59-56)43-24-14-5-15-25-43)62-54-32-28-46(41-20-10-3-11-21-41)36-50(54)51-37-47(29-33-55(51)62)42-22-12-4-13-23-42/h1-38H. The molecule has 0 radical (unpaired) electrons. The van der Waals surface area contributed by atoms with Crippen LogP contribution in [0.3, 0.4) is 0 Å². The minimum absolute atomic E-state index is 0.659. The minimum atomic E-state index is 0.659. The fraction of sp³-hybridized carbons (Fsp3) is 0. The maximum Gasteiger partial charge on any atom is 0.163 e. The van der Waals surface area contributed by atoms with Gasteiger partial charge in [0, 0.05) is 33.2 Å². The van der Waals surface area contributed by atoms with Crippen molar-refractivity contribution >= 4 is 43.6 Å². The molecule has 0 fully saturated rings. The molecule has 0 spiro atoms.